The van der Waals surface area contributed by atoms with Crippen LogP contribution in [-0.2, 0) is 9.47 Å². The third-order valence-electron chi connectivity index (χ3n) is 7.43. The van der Waals surface area contributed by atoms with E-state index >= 15 is 0 Å². The molecule has 2 N–H and O–H groups in total. The molecular weight excluding hydrogens is 492 g/mol. The molecule has 4 unspecified atom stereocenters. The fourth-order valence-electron chi connectivity index (χ4n) is 4.73. The van der Waals surface area contributed by atoms with Crippen molar-refractivity contribution in [2.45, 2.75) is 98.2 Å². The van der Waals surface area contributed by atoms with Gasteiger partial charge in [0.05, 0.1) is 13.2 Å². The van der Waals surface area contributed by atoms with Gasteiger partial charge in [-0.05, 0) is 43.2 Å². The molecule has 6 heteroatoms. The summed E-state index contributed by atoms with van der Waals surface area (Å²) >= 11 is 0. The zero-order chi connectivity index (χ0) is 28.5. The minimum atomic E-state index is -0.702. The van der Waals surface area contributed by atoms with Gasteiger partial charge in [-0.1, -0.05) is 90.5 Å². The minimum Gasteiger partial charge on any atom is -0.490 e. The summed E-state index contributed by atoms with van der Waals surface area (Å²) in [4.78, 5) is 0. The first-order valence-corrected chi connectivity index (χ1v) is 15.2. The molecule has 0 fully saturated rings. The van der Waals surface area contributed by atoms with Gasteiger partial charge in [0.25, 0.3) is 0 Å². The third-order valence-corrected chi connectivity index (χ3v) is 7.43. The Morgan fingerprint density at radius 1 is 0.641 bits per heavy atom. The average Bonchev–Trinajstić information content (AvgIpc) is 2.94. The molecular formula is C33H54O6. The number of benzene rings is 2. The molecule has 0 saturated heterocycles. The Morgan fingerprint density at radius 3 is 1.74 bits per heavy atom. The summed E-state index contributed by atoms with van der Waals surface area (Å²) < 4.78 is 23.7. The standard InChI is InChI=1S/C33H54O6/c1-6-10-13-26(8-3)19-36-21-28(34)23-38-32-16-12-15-31-30(32)18-17-25(5)33(31)39-24-29(35)22-37-20-27(9-4)14-11-7-2/h12,15-18,26-29,34-35H,6-11,13-14,19-24H2,1-5H3. The summed E-state index contributed by atoms with van der Waals surface area (Å²) in [6.07, 6.45) is 7.93. The SMILES string of the molecule is CCCCC(CC)COCC(O)COc1cccc2c(OCC(O)COCC(CC)CCCC)c(C)ccc12. The fourth-order valence-corrected chi connectivity index (χ4v) is 4.73. The van der Waals surface area contributed by atoms with E-state index in [-0.39, 0.29) is 26.4 Å². The third kappa shape index (κ3) is 12.0. The van der Waals surface area contributed by atoms with E-state index in [9.17, 15) is 10.2 Å². The maximum Gasteiger partial charge on any atom is 0.130 e. The molecule has 0 aliphatic heterocycles. The van der Waals surface area contributed by atoms with Crippen LogP contribution in [-0.4, -0.2) is 62.1 Å². The molecule has 2 aromatic rings. The summed E-state index contributed by atoms with van der Waals surface area (Å²) in [5.41, 5.74) is 0.986. The molecule has 2 aromatic carbocycles. The number of aryl methyl sites for hydroxylation is 1. The number of ether oxygens (including phenoxy) is 4. The van der Waals surface area contributed by atoms with E-state index in [1.165, 1.54) is 38.5 Å². The number of aliphatic hydroxyl groups excluding tert-OH is 2. The van der Waals surface area contributed by atoms with Crippen molar-refractivity contribution >= 4 is 10.8 Å². The number of fused-ring (bicyclic) bond motifs is 1. The van der Waals surface area contributed by atoms with Crippen molar-refractivity contribution in [3.8, 4) is 11.5 Å². The second-order valence-corrected chi connectivity index (χ2v) is 10.9. The highest BCUT2D eigenvalue weighted by molar-refractivity contribution is 5.94. The molecule has 222 valence electrons. The zero-order valence-corrected chi connectivity index (χ0v) is 25.1. The second-order valence-electron chi connectivity index (χ2n) is 10.9. The topological polar surface area (TPSA) is 77.4 Å². The summed E-state index contributed by atoms with van der Waals surface area (Å²) in [7, 11) is 0. The molecule has 0 spiro atoms. The molecule has 39 heavy (non-hydrogen) atoms. The number of hydrogen-bond acceptors (Lipinski definition) is 6. The van der Waals surface area contributed by atoms with Crippen LogP contribution in [0.5, 0.6) is 11.5 Å². The van der Waals surface area contributed by atoms with Crippen molar-refractivity contribution in [3.05, 3.63) is 35.9 Å². The van der Waals surface area contributed by atoms with Crippen molar-refractivity contribution in [1.82, 2.24) is 0 Å². The van der Waals surface area contributed by atoms with Crippen molar-refractivity contribution in [2.24, 2.45) is 11.8 Å². The highest BCUT2D eigenvalue weighted by atomic mass is 16.5. The Hall–Kier alpha value is -1.86. The van der Waals surface area contributed by atoms with Crippen LogP contribution in [0.4, 0.5) is 0 Å². The minimum absolute atomic E-state index is 0.155. The van der Waals surface area contributed by atoms with Crippen LogP contribution in [0, 0.1) is 18.8 Å². The molecule has 0 heterocycles. The van der Waals surface area contributed by atoms with Gasteiger partial charge in [0, 0.05) is 24.0 Å². The highest BCUT2D eigenvalue weighted by Gasteiger charge is 2.15. The molecule has 0 aromatic heterocycles. The van der Waals surface area contributed by atoms with Crippen LogP contribution in [0.3, 0.4) is 0 Å². The first-order valence-electron chi connectivity index (χ1n) is 15.2. The monoisotopic (exact) mass is 546 g/mol. The van der Waals surface area contributed by atoms with Gasteiger partial charge in [0.15, 0.2) is 0 Å². The summed E-state index contributed by atoms with van der Waals surface area (Å²) in [5, 5.41) is 22.7. The number of unbranched alkanes of at least 4 members (excludes halogenated alkanes) is 2. The predicted molar refractivity (Wildman–Crippen MR) is 160 cm³/mol. The zero-order valence-electron chi connectivity index (χ0n) is 25.1. The number of rotatable bonds is 22. The van der Waals surface area contributed by atoms with Gasteiger partial charge in [0.1, 0.15) is 36.9 Å². The van der Waals surface area contributed by atoms with Crippen molar-refractivity contribution in [3.63, 3.8) is 0 Å². The van der Waals surface area contributed by atoms with Gasteiger partial charge in [-0.15, -0.1) is 0 Å². The fraction of sp³-hybridized carbons (Fsp3) is 0.697. The molecule has 0 amide bonds. The largest absolute Gasteiger partial charge is 0.490 e. The number of hydrogen-bond donors (Lipinski definition) is 2. The molecule has 0 aliphatic rings. The van der Waals surface area contributed by atoms with Gasteiger partial charge in [-0.2, -0.15) is 0 Å². The second kappa shape index (κ2) is 19.3. The van der Waals surface area contributed by atoms with Crippen LogP contribution < -0.4 is 9.47 Å². The van der Waals surface area contributed by atoms with E-state index < -0.39 is 12.2 Å². The van der Waals surface area contributed by atoms with E-state index in [1.54, 1.807) is 0 Å². The van der Waals surface area contributed by atoms with Gasteiger partial charge < -0.3 is 29.2 Å². The predicted octanol–water partition coefficient (Wildman–Crippen LogP) is 7.09. The summed E-state index contributed by atoms with van der Waals surface area (Å²) in [6.45, 7) is 13.0. The first-order chi connectivity index (χ1) is 18.9. The van der Waals surface area contributed by atoms with Crippen LogP contribution >= 0.6 is 0 Å². The van der Waals surface area contributed by atoms with E-state index in [4.69, 9.17) is 18.9 Å². The summed E-state index contributed by atoms with van der Waals surface area (Å²) in [6, 6.07) is 9.82. The lowest BCUT2D eigenvalue weighted by Crippen LogP contribution is -2.25. The number of aliphatic hydroxyl groups is 2. The first kappa shape index (κ1) is 33.3. The van der Waals surface area contributed by atoms with Crippen LogP contribution in [0.15, 0.2) is 30.3 Å². The Labute approximate surface area is 237 Å². The summed E-state index contributed by atoms with van der Waals surface area (Å²) in [5.74, 6) is 2.50. The lowest BCUT2D eigenvalue weighted by molar-refractivity contribution is -0.00111. The van der Waals surface area contributed by atoms with E-state index in [1.807, 2.05) is 37.3 Å². The normalized spacial score (nSPS) is 14.7. The molecule has 6 nitrogen and oxygen atoms in total. The molecule has 0 saturated carbocycles. The Morgan fingerprint density at radius 2 is 1.21 bits per heavy atom. The molecule has 4 atom stereocenters. The van der Waals surface area contributed by atoms with Crippen molar-refractivity contribution < 1.29 is 29.2 Å². The van der Waals surface area contributed by atoms with Crippen LogP contribution in [0.2, 0.25) is 0 Å². The molecule has 0 aliphatic carbocycles. The Balaban J connectivity index is 1.89. The lowest BCUT2D eigenvalue weighted by Gasteiger charge is -2.19. The lowest BCUT2D eigenvalue weighted by atomic mass is 10.0. The van der Waals surface area contributed by atoms with Gasteiger partial charge >= 0.3 is 0 Å². The quantitative estimate of drug-likeness (QED) is 0.164. The van der Waals surface area contributed by atoms with Crippen molar-refractivity contribution in [1.29, 1.82) is 0 Å². The van der Waals surface area contributed by atoms with E-state index in [2.05, 4.69) is 27.7 Å². The maximum absolute atomic E-state index is 10.5. The highest BCUT2D eigenvalue weighted by Crippen LogP contribution is 2.35. The van der Waals surface area contributed by atoms with Gasteiger partial charge in [0.2, 0.25) is 0 Å². The van der Waals surface area contributed by atoms with E-state index in [0.29, 0.717) is 30.8 Å². The Kier molecular flexibility index (Phi) is 16.5. The molecule has 0 bridgehead atoms. The average molecular weight is 547 g/mol. The maximum atomic E-state index is 10.5. The van der Waals surface area contributed by atoms with Crippen molar-refractivity contribution in [2.75, 3.05) is 39.6 Å². The van der Waals surface area contributed by atoms with E-state index in [0.717, 1.165) is 34.9 Å². The van der Waals surface area contributed by atoms with Gasteiger partial charge in [-0.3, -0.25) is 0 Å². The van der Waals surface area contributed by atoms with Crippen LogP contribution in [0.1, 0.15) is 84.6 Å². The molecule has 2 rings (SSSR count). The van der Waals surface area contributed by atoms with Crippen LogP contribution in [0.25, 0.3) is 10.8 Å². The molecule has 0 radical (unpaired) electrons. The smallest absolute Gasteiger partial charge is 0.130 e. The Bertz CT molecular complexity index is 916. The van der Waals surface area contributed by atoms with Gasteiger partial charge in [-0.25, -0.2) is 0 Å².